The predicted octanol–water partition coefficient (Wildman–Crippen LogP) is 0.216. The molecule has 9 heteroatoms. The molecule has 0 radical (unpaired) electrons. The second-order valence-corrected chi connectivity index (χ2v) is 6.67. The first-order chi connectivity index (χ1) is 11.0. The molecule has 0 aliphatic carbocycles. The molecular weight excluding hydrogens is 316 g/mol. The number of aromatic nitrogens is 3. The van der Waals surface area contributed by atoms with Crippen LogP contribution in [0.1, 0.15) is 0 Å². The molecular formula is C14H16N6O2S. The van der Waals surface area contributed by atoms with Crippen LogP contribution in [0, 0.1) is 0 Å². The highest BCUT2D eigenvalue weighted by atomic mass is 32.2. The van der Waals surface area contributed by atoms with Gasteiger partial charge in [-0.05, 0) is 29.8 Å². The Labute approximate surface area is 133 Å². The third-order valence-electron chi connectivity index (χ3n) is 3.26. The maximum atomic E-state index is 12.2. The van der Waals surface area contributed by atoms with Crippen LogP contribution in [-0.2, 0) is 10.0 Å². The van der Waals surface area contributed by atoms with E-state index in [1.165, 1.54) is 6.07 Å². The van der Waals surface area contributed by atoms with Gasteiger partial charge in [-0.1, -0.05) is 12.1 Å². The average Bonchev–Trinajstić information content (AvgIpc) is 2.92. The minimum atomic E-state index is -3.58. The summed E-state index contributed by atoms with van der Waals surface area (Å²) in [4.78, 5) is 4.23. The Bertz CT molecular complexity index is 951. The molecule has 120 valence electrons. The highest BCUT2D eigenvalue weighted by Gasteiger charge is 2.14. The average molecular weight is 332 g/mol. The summed E-state index contributed by atoms with van der Waals surface area (Å²) in [7, 11) is -3.58. The third kappa shape index (κ3) is 3.16. The maximum absolute atomic E-state index is 12.2. The van der Waals surface area contributed by atoms with E-state index in [0.29, 0.717) is 5.65 Å². The van der Waals surface area contributed by atoms with Gasteiger partial charge in [0.15, 0.2) is 5.65 Å². The molecule has 2 heterocycles. The van der Waals surface area contributed by atoms with Crippen molar-refractivity contribution in [3.63, 3.8) is 0 Å². The van der Waals surface area contributed by atoms with E-state index < -0.39 is 10.0 Å². The lowest BCUT2D eigenvalue weighted by Gasteiger charge is -2.08. The molecule has 3 aromatic rings. The summed E-state index contributed by atoms with van der Waals surface area (Å²) < 4.78 is 28.4. The van der Waals surface area contributed by atoms with Crippen LogP contribution >= 0.6 is 0 Å². The summed E-state index contributed by atoms with van der Waals surface area (Å²) in [5.74, 6) is 0.185. The van der Waals surface area contributed by atoms with Crippen LogP contribution in [0.4, 0.5) is 5.95 Å². The van der Waals surface area contributed by atoms with E-state index in [1.54, 1.807) is 28.9 Å². The van der Waals surface area contributed by atoms with Crippen LogP contribution in [0.25, 0.3) is 16.8 Å². The van der Waals surface area contributed by atoms with Crippen LogP contribution in [0.3, 0.4) is 0 Å². The number of hydrogen-bond donors (Lipinski definition) is 3. The first-order valence-electron chi connectivity index (χ1n) is 6.92. The van der Waals surface area contributed by atoms with Crippen molar-refractivity contribution in [2.75, 3.05) is 18.8 Å². The van der Waals surface area contributed by atoms with Gasteiger partial charge in [0.05, 0.1) is 4.90 Å². The second kappa shape index (κ2) is 5.95. The lowest BCUT2D eigenvalue weighted by molar-refractivity contribution is 0.582. The van der Waals surface area contributed by atoms with Crippen molar-refractivity contribution in [3.05, 3.63) is 42.6 Å². The molecule has 3 rings (SSSR count). The van der Waals surface area contributed by atoms with Crippen LogP contribution in [0.15, 0.2) is 47.5 Å². The highest BCUT2D eigenvalue weighted by Crippen LogP contribution is 2.23. The Balaban J connectivity index is 2.00. The number of nitrogen functional groups attached to an aromatic ring is 1. The lowest BCUT2D eigenvalue weighted by Crippen LogP contribution is -2.29. The van der Waals surface area contributed by atoms with Crippen molar-refractivity contribution >= 4 is 21.6 Å². The van der Waals surface area contributed by atoms with Crippen molar-refractivity contribution < 1.29 is 8.42 Å². The smallest absolute Gasteiger partial charge is 0.240 e. The zero-order valence-corrected chi connectivity index (χ0v) is 13.0. The van der Waals surface area contributed by atoms with Gasteiger partial charge in [-0.25, -0.2) is 17.7 Å². The fourth-order valence-electron chi connectivity index (χ4n) is 2.19. The summed E-state index contributed by atoms with van der Waals surface area (Å²) in [5.41, 5.74) is 13.1. The van der Waals surface area contributed by atoms with Gasteiger partial charge in [0.1, 0.15) is 0 Å². The number of anilines is 1. The van der Waals surface area contributed by atoms with Crippen molar-refractivity contribution in [1.29, 1.82) is 0 Å². The molecule has 0 aliphatic heterocycles. The Morgan fingerprint density at radius 3 is 2.78 bits per heavy atom. The van der Waals surface area contributed by atoms with E-state index in [1.807, 2.05) is 12.1 Å². The summed E-state index contributed by atoms with van der Waals surface area (Å²) in [5, 5.41) is 4.05. The van der Waals surface area contributed by atoms with Crippen LogP contribution < -0.4 is 16.2 Å². The van der Waals surface area contributed by atoms with Gasteiger partial charge < -0.3 is 11.5 Å². The number of benzene rings is 1. The Morgan fingerprint density at radius 2 is 2.00 bits per heavy atom. The Morgan fingerprint density at radius 1 is 1.17 bits per heavy atom. The summed E-state index contributed by atoms with van der Waals surface area (Å²) in [6.07, 6.45) is 1.75. The van der Waals surface area contributed by atoms with E-state index in [4.69, 9.17) is 11.5 Å². The quantitative estimate of drug-likeness (QED) is 0.613. The largest absolute Gasteiger partial charge is 0.366 e. The highest BCUT2D eigenvalue weighted by molar-refractivity contribution is 7.89. The Kier molecular flexibility index (Phi) is 3.99. The predicted molar refractivity (Wildman–Crippen MR) is 87.1 cm³/mol. The molecule has 5 N–H and O–H groups in total. The molecule has 0 saturated carbocycles. The van der Waals surface area contributed by atoms with E-state index in [9.17, 15) is 8.42 Å². The third-order valence-corrected chi connectivity index (χ3v) is 4.72. The molecule has 23 heavy (non-hydrogen) atoms. The standard InChI is InChI=1S/C14H16N6O2S/c15-6-7-17-23(21,22)12-3-1-2-10(8-12)11-4-5-13-18-14(16)19-20(13)9-11/h1-5,8-9,17H,6-7,15H2,(H2,16,19). The molecule has 0 spiro atoms. The molecule has 8 nitrogen and oxygen atoms in total. The van der Waals surface area contributed by atoms with Crippen LogP contribution in [0.5, 0.6) is 0 Å². The van der Waals surface area contributed by atoms with Gasteiger partial charge in [-0.3, -0.25) is 0 Å². The van der Waals surface area contributed by atoms with Crippen molar-refractivity contribution in [2.45, 2.75) is 4.90 Å². The number of rotatable bonds is 5. The van der Waals surface area contributed by atoms with Gasteiger partial charge in [0, 0.05) is 24.8 Å². The van der Waals surface area contributed by atoms with Gasteiger partial charge in [0.2, 0.25) is 16.0 Å². The molecule has 0 unspecified atom stereocenters. The normalized spacial score (nSPS) is 11.9. The molecule has 0 amide bonds. The molecule has 0 bridgehead atoms. The van der Waals surface area contributed by atoms with E-state index in [-0.39, 0.29) is 23.9 Å². The topological polar surface area (TPSA) is 128 Å². The summed E-state index contributed by atoms with van der Waals surface area (Å²) in [6, 6.07) is 10.2. The number of pyridine rings is 1. The van der Waals surface area contributed by atoms with Gasteiger partial charge in [0.25, 0.3) is 0 Å². The zero-order valence-electron chi connectivity index (χ0n) is 12.2. The van der Waals surface area contributed by atoms with E-state index in [2.05, 4.69) is 14.8 Å². The summed E-state index contributed by atoms with van der Waals surface area (Å²) in [6.45, 7) is 0.431. The molecule has 0 fully saturated rings. The first kappa shape index (κ1) is 15.4. The molecule has 0 aliphatic rings. The SMILES string of the molecule is NCCNS(=O)(=O)c1cccc(-c2ccc3nc(N)nn3c2)c1. The number of nitrogens with two attached hydrogens (primary N) is 2. The number of sulfonamides is 1. The second-order valence-electron chi connectivity index (χ2n) is 4.90. The van der Waals surface area contributed by atoms with Gasteiger partial charge in [-0.15, -0.1) is 5.10 Å². The number of fused-ring (bicyclic) bond motifs is 1. The number of nitrogens with one attached hydrogen (secondary N) is 1. The number of hydrogen-bond acceptors (Lipinski definition) is 6. The monoisotopic (exact) mass is 332 g/mol. The molecule has 0 saturated heterocycles. The minimum absolute atomic E-state index is 0.182. The summed E-state index contributed by atoms with van der Waals surface area (Å²) >= 11 is 0. The molecule has 1 aromatic carbocycles. The van der Waals surface area contributed by atoms with E-state index in [0.717, 1.165) is 11.1 Å². The van der Waals surface area contributed by atoms with Crippen molar-refractivity contribution in [2.24, 2.45) is 5.73 Å². The molecule has 0 atom stereocenters. The zero-order chi connectivity index (χ0) is 16.4. The maximum Gasteiger partial charge on any atom is 0.240 e. The van der Waals surface area contributed by atoms with E-state index >= 15 is 0 Å². The Hall–Kier alpha value is -2.49. The van der Waals surface area contributed by atoms with Gasteiger partial charge >= 0.3 is 0 Å². The molecule has 2 aromatic heterocycles. The van der Waals surface area contributed by atoms with Gasteiger partial charge in [-0.2, -0.15) is 4.98 Å². The first-order valence-corrected chi connectivity index (χ1v) is 8.40. The van der Waals surface area contributed by atoms with Crippen LogP contribution in [-0.4, -0.2) is 36.1 Å². The number of nitrogens with zero attached hydrogens (tertiary/aromatic N) is 3. The van der Waals surface area contributed by atoms with Crippen molar-refractivity contribution in [1.82, 2.24) is 19.3 Å². The fraction of sp³-hybridized carbons (Fsp3) is 0.143. The minimum Gasteiger partial charge on any atom is -0.366 e. The van der Waals surface area contributed by atoms with Crippen molar-refractivity contribution in [3.8, 4) is 11.1 Å². The fourth-order valence-corrected chi connectivity index (χ4v) is 3.28. The van der Waals surface area contributed by atoms with Crippen LogP contribution in [0.2, 0.25) is 0 Å². The lowest BCUT2D eigenvalue weighted by atomic mass is 10.1.